The Balaban J connectivity index is 1.51. The molecule has 0 bridgehead atoms. The van der Waals surface area contributed by atoms with Crippen LogP contribution in [0.2, 0.25) is 0 Å². The maximum absolute atomic E-state index is 13.7. The van der Waals surface area contributed by atoms with E-state index in [9.17, 15) is 13.2 Å². The number of hydrogen-bond acceptors (Lipinski definition) is 5. The molecule has 0 radical (unpaired) electrons. The molecule has 0 atom stereocenters. The van der Waals surface area contributed by atoms with Crippen molar-refractivity contribution in [1.82, 2.24) is 4.90 Å². The molecule has 2 aliphatic rings. The van der Waals surface area contributed by atoms with E-state index in [0.29, 0.717) is 30.9 Å². The number of hydrogen-bond donors (Lipinski definition) is 0. The Bertz CT molecular complexity index is 1280. The first kappa shape index (κ1) is 21.0. The van der Waals surface area contributed by atoms with Crippen LogP contribution >= 0.6 is 11.3 Å². The number of carbonyl (C=O) groups excluding carboxylic acids is 1. The van der Waals surface area contributed by atoms with Gasteiger partial charge < -0.3 is 9.64 Å². The van der Waals surface area contributed by atoms with E-state index in [-0.39, 0.29) is 16.6 Å². The summed E-state index contributed by atoms with van der Waals surface area (Å²) in [4.78, 5) is 16.4. The number of fused-ring (bicyclic) bond motifs is 2. The highest BCUT2D eigenvalue weighted by molar-refractivity contribution is 7.93. The van der Waals surface area contributed by atoms with E-state index in [2.05, 4.69) is 6.07 Å². The van der Waals surface area contributed by atoms with Crippen molar-refractivity contribution in [2.24, 2.45) is 0 Å². The van der Waals surface area contributed by atoms with Crippen molar-refractivity contribution < 1.29 is 17.9 Å². The van der Waals surface area contributed by atoms with Gasteiger partial charge in [0.2, 0.25) is 0 Å². The summed E-state index contributed by atoms with van der Waals surface area (Å²) in [6.07, 6.45) is 2.41. The second-order valence-electron chi connectivity index (χ2n) is 8.02. The fourth-order valence-corrected chi connectivity index (χ4v) is 7.10. The molecular formula is C24H24N2O4S2. The second-order valence-corrected chi connectivity index (χ2v) is 10.9. The molecule has 1 amide bonds. The molecule has 0 saturated heterocycles. The molecule has 5 rings (SSSR count). The number of nitrogens with zero attached hydrogens (tertiary/aromatic N) is 2. The van der Waals surface area contributed by atoms with Gasteiger partial charge in [0.15, 0.2) is 0 Å². The summed E-state index contributed by atoms with van der Waals surface area (Å²) >= 11 is 1.72. The van der Waals surface area contributed by atoms with Crippen molar-refractivity contribution in [3.63, 3.8) is 0 Å². The summed E-state index contributed by atoms with van der Waals surface area (Å²) in [6, 6.07) is 14.3. The van der Waals surface area contributed by atoms with Crippen LogP contribution in [0.4, 0.5) is 5.69 Å². The van der Waals surface area contributed by atoms with Crippen LogP contribution in [0.3, 0.4) is 0 Å². The highest BCUT2D eigenvalue weighted by Crippen LogP contribution is 2.35. The zero-order valence-corrected chi connectivity index (χ0v) is 19.4. The molecule has 8 heteroatoms. The normalized spacial score (nSPS) is 15.8. The number of rotatable bonds is 4. The third-order valence-corrected chi connectivity index (χ3v) is 9.00. The van der Waals surface area contributed by atoms with Crippen LogP contribution in [-0.2, 0) is 29.4 Å². The quantitative estimate of drug-likeness (QED) is 0.578. The first-order chi connectivity index (χ1) is 15.5. The van der Waals surface area contributed by atoms with Crippen molar-refractivity contribution >= 4 is 33.0 Å². The summed E-state index contributed by atoms with van der Waals surface area (Å²) in [6.45, 7) is 1.57. The number of anilines is 1. The van der Waals surface area contributed by atoms with E-state index in [0.717, 1.165) is 24.8 Å². The molecule has 32 heavy (non-hydrogen) atoms. The summed E-state index contributed by atoms with van der Waals surface area (Å²) in [5.41, 5.74) is 3.22. The molecule has 1 aromatic heterocycles. The fourth-order valence-electron chi connectivity index (χ4n) is 4.48. The Morgan fingerprint density at radius 3 is 2.72 bits per heavy atom. The van der Waals surface area contributed by atoms with Gasteiger partial charge >= 0.3 is 0 Å². The van der Waals surface area contributed by atoms with Gasteiger partial charge in [0.05, 0.1) is 12.8 Å². The molecule has 2 aromatic carbocycles. The third-order valence-electron chi connectivity index (χ3n) is 6.14. The lowest BCUT2D eigenvalue weighted by molar-refractivity contribution is 0.0735. The molecule has 3 heterocycles. The maximum Gasteiger partial charge on any atom is 0.268 e. The van der Waals surface area contributed by atoms with Crippen LogP contribution in [0, 0.1) is 0 Å². The number of methoxy groups -OCH3 is 1. The number of carbonyl (C=O) groups is 1. The van der Waals surface area contributed by atoms with E-state index in [1.165, 1.54) is 27.9 Å². The van der Waals surface area contributed by atoms with Crippen LogP contribution in [-0.4, -0.2) is 39.4 Å². The van der Waals surface area contributed by atoms with E-state index in [4.69, 9.17) is 4.74 Å². The van der Waals surface area contributed by atoms with Crippen LogP contribution < -0.4 is 9.04 Å². The third kappa shape index (κ3) is 3.57. The molecule has 0 fully saturated rings. The average Bonchev–Trinajstić information content (AvgIpc) is 3.30. The van der Waals surface area contributed by atoms with Crippen molar-refractivity contribution in [1.29, 1.82) is 0 Å². The van der Waals surface area contributed by atoms with Crippen molar-refractivity contribution in [2.75, 3.05) is 24.5 Å². The number of aryl methyl sites for hydroxylation is 1. The van der Waals surface area contributed by atoms with Gasteiger partial charge in [0.1, 0.15) is 10.6 Å². The molecular weight excluding hydrogens is 444 g/mol. The molecule has 0 N–H and O–H groups in total. The fraction of sp³-hybridized carbons (Fsp3) is 0.292. The van der Waals surface area contributed by atoms with Gasteiger partial charge in [-0.2, -0.15) is 0 Å². The van der Waals surface area contributed by atoms with Crippen LogP contribution in [0.5, 0.6) is 5.75 Å². The number of amides is 1. The molecule has 0 unspecified atom stereocenters. The van der Waals surface area contributed by atoms with Gasteiger partial charge in [-0.25, -0.2) is 8.42 Å². The Hall–Kier alpha value is -2.84. The number of sulfonamides is 1. The smallest absolute Gasteiger partial charge is 0.268 e. The summed E-state index contributed by atoms with van der Waals surface area (Å²) in [5, 5.41) is 2.05. The Morgan fingerprint density at radius 2 is 1.88 bits per heavy atom. The Labute approximate surface area is 192 Å². The van der Waals surface area contributed by atoms with Crippen LogP contribution in [0.15, 0.2) is 58.8 Å². The van der Waals surface area contributed by atoms with Gasteiger partial charge in [-0.05, 0) is 66.1 Å². The van der Waals surface area contributed by atoms with Gasteiger partial charge in [-0.15, -0.1) is 11.3 Å². The molecule has 0 spiro atoms. The minimum atomic E-state index is -3.91. The predicted octanol–water partition coefficient (Wildman–Crippen LogP) is 4.10. The number of thiophene rings is 1. The zero-order chi connectivity index (χ0) is 22.3. The lowest BCUT2D eigenvalue weighted by atomic mass is 10.0. The topological polar surface area (TPSA) is 66.9 Å². The minimum Gasteiger partial charge on any atom is -0.495 e. The van der Waals surface area contributed by atoms with Gasteiger partial charge in [-0.3, -0.25) is 9.10 Å². The Morgan fingerprint density at radius 1 is 1.03 bits per heavy atom. The monoisotopic (exact) mass is 468 g/mol. The van der Waals surface area contributed by atoms with Gasteiger partial charge in [0.25, 0.3) is 15.9 Å². The molecule has 3 aromatic rings. The predicted molar refractivity (Wildman–Crippen MR) is 125 cm³/mol. The minimum absolute atomic E-state index is 0.0239. The largest absolute Gasteiger partial charge is 0.495 e. The van der Waals surface area contributed by atoms with E-state index < -0.39 is 10.0 Å². The summed E-state index contributed by atoms with van der Waals surface area (Å²) in [5.74, 6) is 0.0726. The van der Waals surface area contributed by atoms with E-state index >= 15 is 0 Å². The number of benzene rings is 2. The first-order valence-electron chi connectivity index (χ1n) is 10.6. The number of ether oxygens (including phenoxy) is 1. The van der Waals surface area contributed by atoms with Crippen molar-refractivity contribution in [3.05, 3.63) is 75.5 Å². The Kier molecular flexibility index (Phi) is 5.43. The number of para-hydroxylation sites is 1. The van der Waals surface area contributed by atoms with Crippen LogP contribution in [0.25, 0.3) is 0 Å². The molecule has 166 valence electrons. The molecule has 0 saturated carbocycles. The van der Waals surface area contributed by atoms with Crippen molar-refractivity contribution in [3.8, 4) is 5.75 Å². The maximum atomic E-state index is 13.7. The summed E-state index contributed by atoms with van der Waals surface area (Å²) < 4.78 is 34.3. The second kappa shape index (κ2) is 8.26. The SMILES string of the molecule is COc1ccc(C(=O)N2CCc3sccc3C2)cc1S(=O)(=O)N1CCCc2ccccc21. The first-order valence-corrected chi connectivity index (χ1v) is 12.9. The molecule has 6 nitrogen and oxygen atoms in total. The van der Waals surface area contributed by atoms with Crippen molar-refractivity contribution in [2.45, 2.75) is 30.7 Å². The average molecular weight is 469 g/mol. The molecule has 2 aliphatic heterocycles. The lowest BCUT2D eigenvalue weighted by Gasteiger charge is -2.31. The van der Waals surface area contributed by atoms with Gasteiger partial charge in [-0.1, -0.05) is 18.2 Å². The van der Waals surface area contributed by atoms with Gasteiger partial charge in [0, 0.05) is 30.1 Å². The summed E-state index contributed by atoms with van der Waals surface area (Å²) in [7, 11) is -2.46. The highest BCUT2D eigenvalue weighted by atomic mass is 32.2. The molecule has 0 aliphatic carbocycles. The highest BCUT2D eigenvalue weighted by Gasteiger charge is 2.32. The van der Waals surface area contributed by atoms with E-state index in [1.807, 2.05) is 29.6 Å². The van der Waals surface area contributed by atoms with E-state index in [1.54, 1.807) is 28.4 Å². The van der Waals surface area contributed by atoms with Crippen LogP contribution in [0.1, 0.15) is 32.8 Å². The standard InChI is InChI=1S/C24H24N2O4S2/c1-30-21-9-8-18(24(27)25-13-10-22-19(16-25)11-14-31-22)15-23(21)32(28,29)26-12-4-6-17-5-2-3-7-20(17)26/h2-3,5,7-9,11,14-15H,4,6,10,12-13,16H2,1H3. The zero-order valence-electron chi connectivity index (χ0n) is 17.8. The lowest BCUT2D eigenvalue weighted by Crippen LogP contribution is -2.37.